The van der Waals surface area contributed by atoms with Crippen molar-refractivity contribution in [3.05, 3.63) is 54.6 Å². The standard InChI is InChI=1S/C19H21P/c1-3-8-14(2)20-19-13-15-9-4-5-10-16(15)17-11-6-7-12-18(17)19/h4-7,9-14,20H,3,8H2,1-2H3. The van der Waals surface area contributed by atoms with E-state index in [4.69, 9.17) is 0 Å². The third-order valence-corrected chi connectivity index (χ3v) is 5.40. The molecule has 0 fully saturated rings. The van der Waals surface area contributed by atoms with Gasteiger partial charge in [-0.05, 0) is 45.0 Å². The summed E-state index contributed by atoms with van der Waals surface area (Å²) >= 11 is 0. The zero-order valence-corrected chi connectivity index (χ0v) is 13.2. The second kappa shape index (κ2) is 5.94. The van der Waals surface area contributed by atoms with E-state index in [1.807, 2.05) is 0 Å². The topological polar surface area (TPSA) is 0 Å². The summed E-state index contributed by atoms with van der Waals surface area (Å²) in [6.07, 6.45) is 2.60. The molecule has 20 heavy (non-hydrogen) atoms. The summed E-state index contributed by atoms with van der Waals surface area (Å²) in [4.78, 5) is 0. The van der Waals surface area contributed by atoms with Gasteiger partial charge in [0, 0.05) is 0 Å². The molecule has 3 aromatic carbocycles. The number of benzene rings is 3. The molecular weight excluding hydrogens is 259 g/mol. The molecule has 0 aliphatic carbocycles. The van der Waals surface area contributed by atoms with Crippen molar-refractivity contribution in [1.29, 1.82) is 0 Å². The Morgan fingerprint density at radius 3 is 2.30 bits per heavy atom. The van der Waals surface area contributed by atoms with Crippen molar-refractivity contribution >= 4 is 35.4 Å². The molecule has 102 valence electrons. The molecule has 0 spiro atoms. The summed E-state index contributed by atoms with van der Waals surface area (Å²) in [5.41, 5.74) is 0.782. The minimum Gasteiger partial charge on any atom is -0.0868 e. The molecule has 0 aliphatic heterocycles. The SMILES string of the molecule is CCCC(C)Pc1cc2ccccc2c2ccccc12. The van der Waals surface area contributed by atoms with E-state index in [0.29, 0.717) is 0 Å². The Bertz CT molecular complexity index is 730. The lowest BCUT2D eigenvalue weighted by atomic mass is 10.0. The van der Waals surface area contributed by atoms with Crippen LogP contribution in [0, 0.1) is 0 Å². The van der Waals surface area contributed by atoms with Gasteiger partial charge in [-0.1, -0.05) is 77.4 Å². The zero-order chi connectivity index (χ0) is 13.9. The number of fused-ring (bicyclic) bond motifs is 3. The van der Waals surface area contributed by atoms with Crippen LogP contribution < -0.4 is 5.30 Å². The quantitative estimate of drug-likeness (QED) is 0.438. The summed E-state index contributed by atoms with van der Waals surface area (Å²) in [5, 5.41) is 7.11. The first-order valence-corrected chi connectivity index (χ1v) is 8.54. The monoisotopic (exact) mass is 280 g/mol. The Morgan fingerprint density at radius 1 is 0.900 bits per heavy atom. The van der Waals surface area contributed by atoms with Crippen molar-refractivity contribution < 1.29 is 0 Å². The Morgan fingerprint density at radius 2 is 1.55 bits per heavy atom. The molecule has 0 saturated heterocycles. The van der Waals surface area contributed by atoms with E-state index in [0.717, 1.165) is 14.2 Å². The van der Waals surface area contributed by atoms with Crippen molar-refractivity contribution in [3.63, 3.8) is 0 Å². The van der Waals surface area contributed by atoms with Crippen molar-refractivity contribution in [2.45, 2.75) is 32.3 Å². The minimum absolute atomic E-state index is 0.782. The maximum Gasteiger partial charge on any atom is -0.00991 e. The Hall–Kier alpha value is -1.39. The molecule has 0 amide bonds. The minimum atomic E-state index is 0.782. The van der Waals surface area contributed by atoms with Crippen LogP contribution >= 0.6 is 8.58 Å². The molecule has 0 aromatic heterocycles. The number of rotatable bonds is 4. The second-order valence-electron chi connectivity index (χ2n) is 5.52. The molecular formula is C19H21P. The molecule has 0 radical (unpaired) electrons. The normalized spacial score (nSPS) is 13.5. The Balaban J connectivity index is 2.18. The molecule has 0 bridgehead atoms. The lowest BCUT2D eigenvalue weighted by molar-refractivity contribution is 0.785. The molecule has 3 rings (SSSR count). The van der Waals surface area contributed by atoms with E-state index in [-0.39, 0.29) is 0 Å². The highest BCUT2D eigenvalue weighted by Gasteiger charge is 2.09. The van der Waals surface area contributed by atoms with Crippen LogP contribution in [0.25, 0.3) is 21.5 Å². The van der Waals surface area contributed by atoms with E-state index in [2.05, 4.69) is 68.4 Å². The Kier molecular flexibility index (Phi) is 4.03. The lowest BCUT2D eigenvalue weighted by Gasteiger charge is -2.14. The van der Waals surface area contributed by atoms with Gasteiger partial charge in [0.2, 0.25) is 0 Å². The predicted molar refractivity (Wildman–Crippen MR) is 93.8 cm³/mol. The molecule has 0 nitrogen and oxygen atoms in total. The number of hydrogen-bond acceptors (Lipinski definition) is 0. The van der Waals surface area contributed by atoms with Crippen molar-refractivity contribution in [2.75, 3.05) is 0 Å². The van der Waals surface area contributed by atoms with Gasteiger partial charge in [0.1, 0.15) is 0 Å². The first-order chi connectivity index (χ1) is 9.79. The van der Waals surface area contributed by atoms with Gasteiger partial charge in [-0.2, -0.15) is 0 Å². The van der Waals surface area contributed by atoms with Gasteiger partial charge in [-0.15, -0.1) is 0 Å². The van der Waals surface area contributed by atoms with Crippen LogP contribution in [-0.4, -0.2) is 5.66 Å². The molecule has 0 heterocycles. The number of hydrogen-bond donors (Lipinski definition) is 0. The van der Waals surface area contributed by atoms with Crippen molar-refractivity contribution in [1.82, 2.24) is 0 Å². The molecule has 0 N–H and O–H groups in total. The smallest absolute Gasteiger partial charge is 0.00991 e. The second-order valence-corrected chi connectivity index (χ2v) is 7.34. The van der Waals surface area contributed by atoms with Crippen LogP contribution in [0.5, 0.6) is 0 Å². The Labute approximate surface area is 123 Å². The summed E-state index contributed by atoms with van der Waals surface area (Å²) in [7, 11) is 0.902. The van der Waals surface area contributed by atoms with E-state index in [1.165, 1.54) is 39.7 Å². The first-order valence-electron chi connectivity index (χ1n) is 7.46. The molecule has 0 saturated carbocycles. The van der Waals surface area contributed by atoms with Crippen LogP contribution in [0.3, 0.4) is 0 Å². The summed E-state index contributed by atoms with van der Waals surface area (Å²) in [5.74, 6) is 0. The van der Waals surface area contributed by atoms with Gasteiger partial charge in [0.05, 0.1) is 0 Å². The largest absolute Gasteiger partial charge is 0.0868 e. The first kappa shape index (κ1) is 13.6. The van der Waals surface area contributed by atoms with E-state index in [1.54, 1.807) is 0 Å². The summed E-state index contributed by atoms with van der Waals surface area (Å²) in [6, 6.07) is 20.0. The maximum absolute atomic E-state index is 2.41. The predicted octanol–water partition coefficient (Wildman–Crippen LogP) is 5.49. The summed E-state index contributed by atoms with van der Waals surface area (Å²) in [6.45, 7) is 4.66. The maximum atomic E-state index is 2.41. The summed E-state index contributed by atoms with van der Waals surface area (Å²) < 4.78 is 0. The molecule has 2 atom stereocenters. The van der Waals surface area contributed by atoms with Gasteiger partial charge in [-0.3, -0.25) is 0 Å². The molecule has 1 heteroatoms. The fourth-order valence-corrected chi connectivity index (χ4v) is 4.52. The molecule has 0 aliphatic rings. The molecule has 2 unspecified atom stereocenters. The van der Waals surface area contributed by atoms with Gasteiger partial charge < -0.3 is 0 Å². The highest BCUT2D eigenvalue weighted by atomic mass is 31.1. The average molecular weight is 280 g/mol. The van der Waals surface area contributed by atoms with Crippen LogP contribution in [0.2, 0.25) is 0 Å². The zero-order valence-electron chi connectivity index (χ0n) is 12.2. The van der Waals surface area contributed by atoms with E-state index in [9.17, 15) is 0 Å². The van der Waals surface area contributed by atoms with Crippen molar-refractivity contribution in [2.24, 2.45) is 0 Å². The van der Waals surface area contributed by atoms with Crippen LogP contribution in [0.1, 0.15) is 26.7 Å². The van der Waals surface area contributed by atoms with Gasteiger partial charge in [0.15, 0.2) is 0 Å². The third kappa shape index (κ3) is 2.58. The van der Waals surface area contributed by atoms with Crippen LogP contribution in [0.15, 0.2) is 54.6 Å². The average Bonchev–Trinajstić information content (AvgIpc) is 2.48. The fourth-order valence-electron chi connectivity index (χ4n) is 2.94. The third-order valence-electron chi connectivity index (χ3n) is 3.89. The molecule has 3 aromatic rings. The lowest BCUT2D eigenvalue weighted by Crippen LogP contribution is -2.04. The van der Waals surface area contributed by atoms with Gasteiger partial charge in [-0.25, -0.2) is 0 Å². The highest BCUT2D eigenvalue weighted by Crippen LogP contribution is 2.31. The van der Waals surface area contributed by atoms with Crippen LogP contribution in [0.4, 0.5) is 0 Å². The van der Waals surface area contributed by atoms with E-state index < -0.39 is 0 Å². The van der Waals surface area contributed by atoms with Gasteiger partial charge >= 0.3 is 0 Å². The van der Waals surface area contributed by atoms with Crippen molar-refractivity contribution in [3.8, 4) is 0 Å². The van der Waals surface area contributed by atoms with Gasteiger partial charge in [0.25, 0.3) is 0 Å². The highest BCUT2D eigenvalue weighted by molar-refractivity contribution is 7.48. The fraction of sp³-hybridized carbons (Fsp3) is 0.263. The van der Waals surface area contributed by atoms with E-state index >= 15 is 0 Å². The van der Waals surface area contributed by atoms with Crippen LogP contribution in [-0.2, 0) is 0 Å².